The Bertz CT molecular complexity index is 1370. The molecule has 0 aromatic heterocycles. The number of benzene rings is 4. The van der Waals surface area contributed by atoms with Crippen LogP contribution in [0.4, 0.5) is 0 Å². The Balaban J connectivity index is 1.43. The molecule has 0 saturated carbocycles. The molecular weight excluding hydrogens is 508 g/mol. The predicted molar refractivity (Wildman–Crippen MR) is 143 cm³/mol. The van der Waals surface area contributed by atoms with Gasteiger partial charge in [-0.25, -0.2) is 10.2 Å². The zero-order valence-electron chi connectivity index (χ0n) is 20.2. The minimum Gasteiger partial charge on any atom is -0.493 e. The Morgan fingerprint density at radius 1 is 0.816 bits per heavy atom. The molecule has 4 rings (SSSR count). The average Bonchev–Trinajstić information content (AvgIpc) is 2.94. The van der Waals surface area contributed by atoms with E-state index in [1.165, 1.54) is 13.3 Å². The molecule has 0 unspecified atom stereocenters. The Hall–Kier alpha value is -4.82. The predicted octanol–water partition coefficient (Wildman–Crippen LogP) is 5.50. The van der Waals surface area contributed by atoms with E-state index >= 15 is 0 Å². The van der Waals surface area contributed by atoms with Gasteiger partial charge < -0.3 is 18.9 Å². The van der Waals surface area contributed by atoms with E-state index in [2.05, 4.69) is 10.5 Å². The molecule has 1 N–H and O–H groups in total. The van der Waals surface area contributed by atoms with E-state index in [1.54, 1.807) is 91.0 Å². The molecule has 0 spiro atoms. The van der Waals surface area contributed by atoms with Gasteiger partial charge in [0.05, 0.1) is 23.9 Å². The van der Waals surface area contributed by atoms with Crippen molar-refractivity contribution in [2.45, 2.75) is 6.29 Å². The smallest absolute Gasteiger partial charge is 0.345 e. The number of hydrazone groups is 1. The quantitative estimate of drug-likeness (QED) is 0.0956. The molecule has 8 nitrogen and oxygen atoms in total. The number of hydrogen-bond acceptors (Lipinski definition) is 7. The van der Waals surface area contributed by atoms with Gasteiger partial charge >= 0.3 is 18.2 Å². The number of carbonyl (C=O) groups is 2. The van der Waals surface area contributed by atoms with E-state index in [-0.39, 0.29) is 16.3 Å². The van der Waals surface area contributed by atoms with Crippen LogP contribution in [0.15, 0.2) is 108 Å². The summed E-state index contributed by atoms with van der Waals surface area (Å²) in [4.78, 5) is 25.3. The van der Waals surface area contributed by atoms with Crippen LogP contribution in [0, 0.1) is 0 Å². The lowest BCUT2D eigenvalue weighted by Gasteiger charge is -2.18. The highest BCUT2D eigenvalue weighted by Crippen LogP contribution is 2.29. The molecule has 0 heterocycles. The van der Waals surface area contributed by atoms with Crippen LogP contribution in [-0.4, -0.2) is 31.5 Å². The zero-order valence-corrected chi connectivity index (χ0v) is 21.0. The number of amides is 1. The lowest BCUT2D eigenvalue weighted by Crippen LogP contribution is -2.40. The van der Waals surface area contributed by atoms with Crippen LogP contribution in [0.2, 0.25) is 5.02 Å². The molecule has 38 heavy (non-hydrogen) atoms. The lowest BCUT2D eigenvalue weighted by atomic mass is 10.2. The first kappa shape index (κ1) is 26.2. The van der Waals surface area contributed by atoms with Crippen LogP contribution in [0.1, 0.15) is 15.9 Å². The molecule has 192 valence electrons. The van der Waals surface area contributed by atoms with Crippen molar-refractivity contribution in [3.63, 3.8) is 0 Å². The van der Waals surface area contributed by atoms with Crippen LogP contribution in [0.3, 0.4) is 0 Å². The number of rotatable bonds is 10. The molecule has 0 fully saturated rings. The third kappa shape index (κ3) is 7.11. The van der Waals surface area contributed by atoms with Crippen LogP contribution in [0.5, 0.6) is 23.0 Å². The Morgan fingerprint density at radius 3 is 2.03 bits per heavy atom. The topological polar surface area (TPSA) is 95.5 Å². The highest BCUT2D eigenvalue weighted by atomic mass is 35.5. The van der Waals surface area contributed by atoms with Gasteiger partial charge in [0.25, 0.3) is 0 Å². The molecule has 0 radical (unpaired) electrons. The standard InChI is InChI=1S/C29H23ClN2O6/c1-35-26-18-20(16-17-25(26)38-28(34)23-14-8-9-15-24(23)30)19-31-32-27(33)29(36-21-10-4-2-5-11-21)37-22-12-6-3-7-13-22/h2-19,29H,1H3,(H,32,33). The molecule has 4 aromatic carbocycles. The molecule has 0 aliphatic carbocycles. The molecule has 0 aliphatic rings. The maximum Gasteiger partial charge on any atom is 0.345 e. The largest absolute Gasteiger partial charge is 0.493 e. The number of nitrogens with one attached hydrogen (secondary N) is 1. The summed E-state index contributed by atoms with van der Waals surface area (Å²) >= 11 is 6.08. The summed E-state index contributed by atoms with van der Waals surface area (Å²) in [6.07, 6.45) is 0.112. The van der Waals surface area contributed by atoms with E-state index in [0.29, 0.717) is 22.8 Å². The molecule has 4 aromatic rings. The van der Waals surface area contributed by atoms with Gasteiger partial charge in [0, 0.05) is 0 Å². The molecular formula is C29H23ClN2O6. The number of carbonyl (C=O) groups excluding carboxylic acids is 2. The number of methoxy groups -OCH3 is 1. The summed E-state index contributed by atoms with van der Waals surface area (Å²) in [6, 6.07) is 29.0. The fourth-order valence-electron chi connectivity index (χ4n) is 3.23. The van der Waals surface area contributed by atoms with Gasteiger partial charge in [-0.3, -0.25) is 4.79 Å². The van der Waals surface area contributed by atoms with E-state index in [0.717, 1.165) is 0 Å². The van der Waals surface area contributed by atoms with Crippen molar-refractivity contribution >= 4 is 29.7 Å². The Labute approximate surface area is 224 Å². The number of ether oxygens (including phenoxy) is 4. The van der Waals surface area contributed by atoms with Crippen molar-refractivity contribution < 1.29 is 28.5 Å². The average molecular weight is 531 g/mol. The van der Waals surface area contributed by atoms with Crippen molar-refractivity contribution in [2.75, 3.05) is 7.11 Å². The van der Waals surface area contributed by atoms with Crippen molar-refractivity contribution in [1.29, 1.82) is 0 Å². The normalized spacial score (nSPS) is 10.7. The highest BCUT2D eigenvalue weighted by Gasteiger charge is 2.22. The van der Waals surface area contributed by atoms with Gasteiger partial charge in [-0.2, -0.15) is 5.10 Å². The van der Waals surface area contributed by atoms with Crippen molar-refractivity contribution in [3.8, 4) is 23.0 Å². The summed E-state index contributed by atoms with van der Waals surface area (Å²) in [5, 5.41) is 4.28. The maximum absolute atomic E-state index is 12.8. The summed E-state index contributed by atoms with van der Waals surface area (Å²) in [6.45, 7) is 0. The highest BCUT2D eigenvalue weighted by molar-refractivity contribution is 6.33. The number of nitrogens with zero attached hydrogens (tertiary/aromatic N) is 1. The number of esters is 1. The van der Waals surface area contributed by atoms with Gasteiger partial charge in [-0.05, 0) is 60.2 Å². The zero-order chi connectivity index (χ0) is 26.7. The minimum atomic E-state index is -1.29. The van der Waals surface area contributed by atoms with Gasteiger partial charge in [0.15, 0.2) is 11.5 Å². The number of para-hydroxylation sites is 2. The van der Waals surface area contributed by atoms with E-state index in [9.17, 15) is 9.59 Å². The fourth-order valence-corrected chi connectivity index (χ4v) is 3.44. The SMILES string of the molecule is COc1cc(C=NNC(=O)C(Oc2ccccc2)Oc2ccccc2)ccc1OC(=O)c1ccccc1Cl. The third-order valence-corrected chi connectivity index (χ3v) is 5.39. The molecule has 0 bridgehead atoms. The van der Waals surface area contributed by atoms with Crippen LogP contribution < -0.4 is 24.4 Å². The van der Waals surface area contributed by atoms with E-state index < -0.39 is 18.2 Å². The van der Waals surface area contributed by atoms with Crippen molar-refractivity contribution in [1.82, 2.24) is 5.43 Å². The van der Waals surface area contributed by atoms with E-state index in [1.807, 2.05) is 12.1 Å². The summed E-state index contributed by atoms with van der Waals surface area (Å²) < 4.78 is 22.3. The van der Waals surface area contributed by atoms with E-state index in [4.69, 9.17) is 30.5 Å². The number of hydrogen-bond donors (Lipinski definition) is 1. The van der Waals surface area contributed by atoms with Gasteiger partial charge in [0.1, 0.15) is 11.5 Å². The second-order valence-electron chi connectivity index (χ2n) is 7.71. The molecule has 0 atom stereocenters. The Kier molecular flexibility index (Phi) is 8.93. The molecule has 0 aliphatic heterocycles. The monoisotopic (exact) mass is 530 g/mol. The van der Waals surface area contributed by atoms with Gasteiger partial charge in [0.2, 0.25) is 0 Å². The summed E-state index contributed by atoms with van der Waals surface area (Å²) in [5.74, 6) is 0.166. The Morgan fingerprint density at radius 2 is 1.42 bits per heavy atom. The maximum atomic E-state index is 12.8. The van der Waals surface area contributed by atoms with Crippen LogP contribution >= 0.6 is 11.6 Å². The van der Waals surface area contributed by atoms with Crippen LogP contribution in [-0.2, 0) is 4.79 Å². The van der Waals surface area contributed by atoms with Gasteiger partial charge in [-0.15, -0.1) is 0 Å². The van der Waals surface area contributed by atoms with Crippen molar-refractivity contribution in [2.24, 2.45) is 5.10 Å². The molecule has 0 saturated heterocycles. The first-order valence-electron chi connectivity index (χ1n) is 11.4. The van der Waals surface area contributed by atoms with Gasteiger partial charge in [-0.1, -0.05) is 60.1 Å². The van der Waals surface area contributed by atoms with Crippen LogP contribution in [0.25, 0.3) is 0 Å². The lowest BCUT2D eigenvalue weighted by molar-refractivity contribution is -0.140. The fraction of sp³-hybridized carbons (Fsp3) is 0.0690. The first-order chi connectivity index (χ1) is 18.5. The number of halogens is 1. The second kappa shape index (κ2) is 12.9. The molecule has 9 heteroatoms. The molecule has 1 amide bonds. The summed E-state index contributed by atoms with van der Waals surface area (Å²) in [7, 11) is 1.44. The summed E-state index contributed by atoms with van der Waals surface area (Å²) in [5.41, 5.74) is 3.23. The first-order valence-corrected chi connectivity index (χ1v) is 11.8. The third-order valence-electron chi connectivity index (χ3n) is 5.06. The second-order valence-corrected chi connectivity index (χ2v) is 8.11. The van der Waals surface area contributed by atoms with Crippen molar-refractivity contribution in [3.05, 3.63) is 119 Å². The minimum absolute atomic E-state index is 0.200.